The van der Waals surface area contributed by atoms with Crippen LogP contribution in [0.5, 0.6) is 0 Å². The Kier molecular flexibility index (Phi) is 5.80. The molecule has 0 aromatic heterocycles. The number of allylic oxidation sites excluding steroid dienone is 1. The van der Waals surface area contributed by atoms with Gasteiger partial charge in [-0.3, -0.25) is 0 Å². The standard InChI is InChI=1S/C27H46O/c1-18(2)7-6-8-19(3)23-11-12-24-22-10-9-20-17-21(28)13-15-26(20,4)25(22)14-16-27(23,24)5/h9,18-19,21-25,28H,6-8,10-17H2,1-5H3/t19-,21+,22-,23+,24+,25+,26+,27-/m1/s1. The Morgan fingerprint density at radius 1 is 1.00 bits per heavy atom. The van der Waals surface area contributed by atoms with Crippen molar-refractivity contribution in [3.05, 3.63) is 11.6 Å². The van der Waals surface area contributed by atoms with Gasteiger partial charge in [-0.1, -0.05) is 65.5 Å². The van der Waals surface area contributed by atoms with Gasteiger partial charge in [-0.2, -0.15) is 0 Å². The van der Waals surface area contributed by atoms with Crippen LogP contribution in [0.15, 0.2) is 11.6 Å². The summed E-state index contributed by atoms with van der Waals surface area (Å²) in [6.07, 6.45) is 17.2. The van der Waals surface area contributed by atoms with Crippen LogP contribution in [0.1, 0.15) is 105 Å². The molecule has 0 aromatic carbocycles. The molecule has 0 amide bonds. The van der Waals surface area contributed by atoms with Crippen molar-refractivity contribution < 1.29 is 5.11 Å². The van der Waals surface area contributed by atoms with E-state index in [0.29, 0.717) is 10.8 Å². The largest absolute Gasteiger partial charge is 0.393 e. The molecule has 1 heteroatoms. The molecule has 0 aromatic rings. The predicted molar refractivity (Wildman–Crippen MR) is 119 cm³/mol. The van der Waals surface area contributed by atoms with Gasteiger partial charge in [0.15, 0.2) is 0 Å². The topological polar surface area (TPSA) is 20.2 Å². The molecule has 0 radical (unpaired) electrons. The molecular weight excluding hydrogens is 340 g/mol. The highest BCUT2D eigenvalue weighted by molar-refractivity contribution is 5.25. The highest BCUT2D eigenvalue weighted by atomic mass is 16.3. The molecule has 1 nitrogen and oxygen atoms in total. The second-order valence-corrected chi connectivity index (χ2v) is 12.2. The zero-order valence-corrected chi connectivity index (χ0v) is 19.3. The van der Waals surface area contributed by atoms with E-state index in [9.17, 15) is 5.11 Å². The summed E-state index contributed by atoms with van der Waals surface area (Å²) in [4.78, 5) is 0. The average Bonchev–Trinajstić information content (AvgIpc) is 2.99. The maximum Gasteiger partial charge on any atom is 0.0577 e. The first kappa shape index (κ1) is 21.0. The molecule has 0 unspecified atom stereocenters. The Morgan fingerprint density at radius 2 is 1.79 bits per heavy atom. The maximum absolute atomic E-state index is 10.2. The van der Waals surface area contributed by atoms with Crippen LogP contribution in [0.25, 0.3) is 0 Å². The monoisotopic (exact) mass is 386 g/mol. The summed E-state index contributed by atoms with van der Waals surface area (Å²) in [5.41, 5.74) is 2.60. The smallest absolute Gasteiger partial charge is 0.0577 e. The van der Waals surface area contributed by atoms with Gasteiger partial charge in [0.25, 0.3) is 0 Å². The van der Waals surface area contributed by atoms with Crippen LogP contribution in [0.2, 0.25) is 0 Å². The molecule has 0 spiro atoms. The van der Waals surface area contributed by atoms with E-state index in [-0.39, 0.29) is 6.10 Å². The number of rotatable bonds is 5. The highest BCUT2D eigenvalue weighted by Crippen LogP contribution is 2.67. The summed E-state index contributed by atoms with van der Waals surface area (Å²) in [5, 5.41) is 10.2. The number of hydrogen-bond acceptors (Lipinski definition) is 1. The number of aliphatic hydroxyl groups is 1. The minimum atomic E-state index is -0.0766. The molecular formula is C27H46O. The zero-order valence-electron chi connectivity index (χ0n) is 19.3. The van der Waals surface area contributed by atoms with Crippen molar-refractivity contribution in [2.75, 3.05) is 0 Å². The summed E-state index contributed by atoms with van der Waals surface area (Å²) in [7, 11) is 0. The van der Waals surface area contributed by atoms with Crippen molar-refractivity contribution in [1.82, 2.24) is 0 Å². The lowest BCUT2D eigenvalue weighted by atomic mass is 9.47. The number of fused-ring (bicyclic) bond motifs is 5. The molecule has 0 heterocycles. The van der Waals surface area contributed by atoms with Gasteiger partial charge in [0.05, 0.1) is 6.10 Å². The third-order valence-electron chi connectivity index (χ3n) is 10.3. The first-order valence-corrected chi connectivity index (χ1v) is 12.6. The fourth-order valence-corrected chi connectivity index (χ4v) is 8.67. The molecule has 4 aliphatic carbocycles. The molecule has 4 aliphatic rings. The van der Waals surface area contributed by atoms with Crippen molar-refractivity contribution in [2.45, 2.75) is 111 Å². The summed E-state index contributed by atoms with van der Waals surface area (Å²) >= 11 is 0. The quantitative estimate of drug-likeness (QED) is 0.488. The van der Waals surface area contributed by atoms with Gasteiger partial charge in [-0.05, 0) is 97.7 Å². The molecule has 0 saturated heterocycles. The Bertz CT molecular complexity index is 591. The van der Waals surface area contributed by atoms with Gasteiger partial charge >= 0.3 is 0 Å². The molecule has 4 rings (SSSR count). The minimum Gasteiger partial charge on any atom is -0.393 e. The first-order chi connectivity index (χ1) is 13.3. The SMILES string of the molecule is CC(C)CCC[C@@H](C)[C@@H]1CC[C@H]2[C@H]3CC=C4C[C@@H](O)CC[C@]4(C)[C@H]3CC[C@@]21C. The number of aliphatic hydroxyl groups excluding tert-OH is 1. The Labute approximate surface area is 174 Å². The van der Waals surface area contributed by atoms with Crippen LogP contribution in [-0.4, -0.2) is 11.2 Å². The van der Waals surface area contributed by atoms with Crippen molar-refractivity contribution in [3.8, 4) is 0 Å². The summed E-state index contributed by atoms with van der Waals surface area (Å²) in [6, 6.07) is 0. The van der Waals surface area contributed by atoms with Crippen molar-refractivity contribution in [1.29, 1.82) is 0 Å². The molecule has 0 bridgehead atoms. The molecule has 3 fully saturated rings. The predicted octanol–water partition coefficient (Wildman–Crippen LogP) is 7.39. The van der Waals surface area contributed by atoms with Crippen LogP contribution < -0.4 is 0 Å². The Balaban J connectivity index is 1.49. The van der Waals surface area contributed by atoms with Crippen LogP contribution in [0, 0.1) is 46.3 Å². The lowest BCUT2D eigenvalue weighted by molar-refractivity contribution is -0.0573. The lowest BCUT2D eigenvalue weighted by Crippen LogP contribution is -2.50. The van der Waals surface area contributed by atoms with E-state index in [1.807, 2.05) is 0 Å². The van der Waals surface area contributed by atoms with Crippen molar-refractivity contribution >= 4 is 0 Å². The normalized spacial score (nSPS) is 46.5. The summed E-state index contributed by atoms with van der Waals surface area (Å²) in [6.45, 7) is 12.6. The van der Waals surface area contributed by atoms with Crippen LogP contribution >= 0.6 is 0 Å². The van der Waals surface area contributed by atoms with Gasteiger partial charge in [0.2, 0.25) is 0 Å². The Hall–Kier alpha value is -0.300. The third kappa shape index (κ3) is 3.42. The van der Waals surface area contributed by atoms with Crippen LogP contribution in [0.3, 0.4) is 0 Å². The molecule has 160 valence electrons. The second kappa shape index (κ2) is 7.75. The lowest BCUT2D eigenvalue weighted by Gasteiger charge is -2.58. The summed E-state index contributed by atoms with van der Waals surface area (Å²) < 4.78 is 0. The fraction of sp³-hybridized carbons (Fsp3) is 0.926. The van der Waals surface area contributed by atoms with E-state index < -0.39 is 0 Å². The Morgan fingerprint density at radius 3 is 2.54 bits per heavy atom. The van der Waals surface area contributed by atoms with Gasteiger partial charge in [0, 0.05) is 0 Å². The zero-order chi connectivity index (χ0) is 20.1. The number of hydrogen-bond donors (Lipinski definition) is 1. The van der Waals surface area contributed by atoms with Crippen LogP contribution in [-0.2, 0) is 0 Å². The second-order valence-electron chi connectivity index (χ2n) is 12.2. The van der Waals surface area contributed by atoms with Gasteiger partial charge in [-0.25, -0.2) is 0 Å². The van der Waals surface area contributed by atoms with Gasteiger partial charge < -0.3 is 5.11 Å². The van der Waals surface area contributed by atoms with E-state index in [0.717, 1.165) is 48.3 Å². The van der Waals surface area contributed by atoms with Gasteiger partial charge in [0.1, 0.15) is 0 Å². The van der Waals surface area contributed by atoms with E-state index in [1.165, 1.54) is 57.8 Å². The van der Waals surface area contributed by atoms with Crippen LogP contribution in [0.4, 0.5) is 0 Å². The van der Waals surface area contributed by atoms with E-state index in [2.05, 4.69) is 40.7 Å². The average molecular weight is 387 g/mol. The molecule has 1 N–H and O–H groups in total. The van der Waals surface area contributed by atoms with E-state index >= 15 is 0 Å². The van der Waals surface area contributed by atoms with E-state index in [4.69, 9.17) is 0 Å². The van der Waals surface area contributed by atoms with E-state index in [1.54, 1.807) is 5.57 Å². The highest BCUT2D eigenvalue weighted by Gasteiger charge is 2.59. The van der Waals surface area contributed by atoms with Gasteiger partial charge in [-0.15, -0.1) is 0 Å². The maximum atomic E-state index is 10.2. The third-order valence-corrected chi connectivity index (χ3v) is 10.3. The molecule has 0 aliphatic heterocycles. The van der Waals surface area contributed by atoms with Crippen molar-refractivity contribution in [2.24, 2.45) is 46.3 Å². The first-order valence-electron chi connectivity index (χ1n) is 12.6. The molecule has 3 saturated carbocycles. The summed E-state index contributed by atoms with van der Waals surface area (Å²) in [5.74, 6) is 5.46. The molecule has 8 atom stereocenters. The van der Waals surface area contributed by atoms with Crippen molar-refractivity contribution in [3.63, 3.8) is 0 Å². The fourth-order valence-electron chi connectivity index (χ4n) is 8.67. The molecule has 28 heavy (non-hydrogen) atoms. The minimum absolute atomic E-state index is 0.0766.